The topological polar surface area (TPSA) is 58.4 Å². The minimum Gasteiger partial charge on any atom is -0.334 e. The van der Waals surface area contributed by atoms with Gasteiger partial charge in [-0.1, -0.05) is 15.9 Å². The van der Waals surface area contributed by atoms with Crippen LogP contribution >= 0.6 is 15.9 Å². The van der Waals surface area contributed by atoms with Gasteiger partial charge in [0, 0.05) is 56.1 Å². The predicted octanol–water partition coefficient (Wildman–Crippen LogP) is 1.96. The van der Waals surface area contributed by atoms with Crippen molar-refractivity contribution in [3.63, 3.8) is 0 Å². The van der Waals surface area contributed by atoms with Gasteiger partial charge >= 0.3 is 0 Å². The smallest absolute Gasteiger partial charge is 0.243 e. The second-order valence-electron chi connectivity index (χ2n) is 5.87. The summed E-state index contributed by atoms with van der Waals surface area (Å²) in [5.74, 6) is 1.01. The van der Waals surface area contributed by atoms with E-state index in [2.05, 4.69) is 30.4 Å². The summed E-state index contributed by atoms with van der Waals surface area (Å²) in [7, 11) is -3.40. The maximum Gasteiger partial charge on any atom is 0.243 e. The van der Waals surface area contributed by atoms with Gasteiger partial charge in [-0.2, -0.15) is 4.31 Å². The number of aromatic nitrogens is 2. The molecule has 2 aromatic rings. The van der Waals surface area contributed by atoms with Gasteiger partial charge in [0.2, 0.25) is 10.0 Å². The molecule has 1 aromatic carbocycles. The van der Waals surface area contributed by atoms with Crippen LogP contribution in [0.15, 0.2) is 46.0 Å². The van der Waals surface area contributed by atoms with Crippen LogP contribution in [-0.2, 0) is 16.6 Å². The summed E-state index contributed by atoms with van der Waals surface area (Å²) >= 11 is 3.33. The molecule has 0 amide bonds. The van der Waals surface area contributed by atoms with Gasteiger partial charge < -0.3 is 4.57 Å². The molecule has 1 saturated heterocycles. The molecular weight excluding hydrogens is 392 g/mol. The Balaban J connectivity index is 1.56. The van der Waals surface area contributed by atoms with Crippen molar-refractivity contribution < 1.29 is 8.42 Å². The number of halogens is 1. The van der Waals surface area contributed by atoms with Crippen LogP contribution in [0.25, 0.3) is 0 Å². The van der Waals surface area contributed by atoms with Gasteiger partial charge in [-0.05, 0) is 31.2 Å². The van der Waals surface area contributed by atoms with Gasteiger partial charge in [-0.3, -0.25) is 4.90 Å². The van der Waals surface area contributed by atoms with Crippen molar-refractivity contribution >= 4 is 26.0 Å². The minimum absolute atomic E-state index is 0.355. The summed E-state index contributed by atoms with van der Waals surface area (Å²) in [5, 5.41) is 0. The molecule has 0 bridgehead atoms. The minimum atomic E-state index is -3.40. The maximum absolute atomic E-state index is 12.7. The van der Waals surface area contributed by atoms with E-state index in [0.717, 1.165) is 36.5 Å². The zero-order chi connectivity index (χ0) is 17.2. The normalized spacial score (nSPS) is 17.2. The highest BCUT2D eigenvalue weighted by Gasteiger charge is 2.28. The molecule has 0 N–H and O–H groups in total. The first-order valence-corrected chi connectivity index (χ1v) is 10.2. The van der Waals surface area contributed by atoms with Crippen LogP contribution in [-0.4, -0.2) is 59.9 Å². The first-order chi connectivity index (χ1) is 11.5. The summed E-state index contributed by atoms with van der Waals surface area (Å²) in [5.41, 5.74) is 0. The molecular formula is C16H21BrN4O2S. The van der Waals surface area contributed by atoms with E-state index in [9.17, 15) is 8.42 Å². The van der Waals surface area contributed by atoms with Crippen LogP contribution in [0.3, 0.4) is 0 Å². The van der Waals surface area contributed by atoms with E-state index < -0.39 is 10.0 Å². The second kappa shape index (κ2) is 7.35. The van der Waals surface area contributed by atoms with E-state index in [4.69, 9.17) is 0 Å². The van der Waals surface area contributed by atoms with Crippen LogP contribution in [0.5, 0.6) is 0 Å². The number of benzene rings is 1. The Kier molecular flexibility index (Phi) is 5.39. The summed E-state index contributed by atoms with van der Waals surface area (Å²) < 4.78 is 29.9. The lowest BCUT2D eigenvalue weighted by Crippen LogP contribution is -2.49. The maximum atomic E-state index is 12.7. The van der Waals surface area contributed by atoms with Crippen molar-refractivity contribution in [1.29, 1.82) is 0 Å². The second-order valence-corrected chi connectivity index (χ2v) is 8.72. The Morgan fingerprint density at radius 1 is 1.08 bits per heavy atom. The highest BCUT2D eigenvalue weighted by Crippen LogP contribution is 2.20. The van der Waals surface area contributed by atoms with E-state index in [-0.39, 0.29) is 0 Å². The van der Waals surface area contributed by atoms with E-state index in [1.54, 1.807) is 34.8 Å². The number of hydrogen-bond donors (Lipinski definition) is 0. The third-order valence-corrected chi connectivity index (χ3v) is 6.80. The fraction of sp³-hybridized carbons (Fsp3) is 0.438. The molecule has 6 nitrogen and oxygen atoms in total. The number of hydrogen-bond acceptors (Lipinski definition) is 4. The van der Waals surface area contributed by atoms with Crippen molar-refractivity contribution in [2.24, 2.45) is 0 Å². The van der Waals surface area contributed by atoms with Crippen molar-refractivity contribution in [3.8, 4) is 0 Å². The largest absolute Gasteiger partial charge is 0.334 e. The molecule has 8 heteroatoms. The Hall–Kier alpha value is -1.22. The first kappa shape index (κ1) is 17.6. The monoisotopic (exact) mass is 412 g/mol. The van der Waals surface area contributed by atoms with Gasteiger partial charge in [0.1, 0.15) is 5.82 Å². The molecule has 0 spiro atoms. The van der Waals surface area contributed by atoms with Crippen LogP contribution in [0, 0.1) is 6.92 Å². The number of nitrogens with zero attached hydrogens (tertiary/aromatic N) is 4. The van der Waals surface area contributed by atoms with Gasteiger partial charge in [0.15, 0.2) is 0 Å². The average Bonchev–Trinajstić information content (AvgIpc) is 2.99. The molecule has 0 atom stereocenters. The van der Waals surface area contributed by atoms with E-state index >= 15 is 0 Å². The molecule has 0 aliphatic carbocycles. The first-order valence-electron chi connectivity index (χ1n) is 7.92. The highest BCUT2D eigenvalue weighted by atomic mass is 79.9. The summed E-state index contributed by atoms with van der Waals surface area (Å²) in [6, 6.07) is 6.81. The van der Waals surface area contributed by atoms with Crippen molar-refractivity contribution in [2.75, 3.05) is 32.7 Å². The molecule has 130 valence electrons. The lowest BCUT2D eigenvalue weighted by Gasteiger charge is -2.34. The van der Waals surface area contributed by atoms with Crippen molar-refractivity contribution in [1.82, 2.24) is 18.8 Å². The number of piperazine rings is 1. The Bertz CT molecular complexity index is 781. The fourth-order valence-corrected chi connectivity index (χ4v) is 4.52. The number of rotatable bonds is 5. The molecule has 1 aliphatic heterocycles. The Labute approximate surface area is 151 Å². The molecule has 24 heavy (non-hydrogen) atoms. The third-order valence-electron chi connectivity index (χ3n) is 4.36. The summed E-state index contributed by atoms with van der Waals surface area (Å²) in [6.07, 6.45) is 3.78. The van der Waals surface area contributed by atoms with Crippen LogP contribution in [0.1, 0.15) is 5.82 Å². The summed E-state index contributed by atoms with van der Waals surface area (Å²) in [6.45, 7) is 6.34. The lowest BCUT2D eigenvalue weighted by molar-refractivity contribution is 0.182. The number of sulfonamides is 1. The molecule has 1 aliphatic rings. The van der Waals surface area contributed by atoms with E-state index in [1.165, 1.54) is 0 Å². The molecule has 1 aromatic heterocycles. The van der Waals surface area contributed by atoms with E-state index in [0.29, 0.717) is 18.0 Å². The van der Waals surface area contributed by atoms with Gasteiger partial charge in [-0.15, -0.1) is 0 Å². The highest BCUT2D eigenvalue weighted by molar-refractivity contribution is 9.10. The number of imidazole rings is 1. The SMILES string of the molecule is Cc1nccn1CCN1CCN(S(=O)(=O)c2ccc(Br)cc2)CC1. The van der Waals surface area contributed by atoms with Crippen molar-refractivity contribution in [2.45, 2.75) is 18.4 Å². The molecule has 2 heterocycles. The van der Waals surface area contributed by atoms with Gasteiger partial charge in [0.25, 0.3) is 0 Å². The Morgan fingerprint density at radius 2 is 1.75 bits per heavy atom. The van der Waals surface area contributed by atoms with Crippen LogP contribution in [0.2, 0.25) is 0 Å². The molecule has 0 unspecified atom stereocenters. The van der Waals surface area contributed by atoms with Gasteiger partial charge in [-0.25, -0.2) is 13.4 Å². The van der Waals surface area contributed by atoms with Crippen molar-refractivity contribution in [3.05, 3.63) is 47.0 Å². The molecule has 1 fully saturated rings. The average molecular weight is 413 g/mol. The van der Waals surface area contributed by atoms with E-state index in [1.807, 2.05) is 13.1 Å². The van der Waals surface area contributed by atoms with Crippen LogP contribution in [0.4, 0.5) is 0 Å². The zero-order valence-corrected chi connectivity index (χ0v) is 16.0. The molecule has 0 saturated carbocycles. The third kappa shape index (κ3) is 3.88. The summed E-state index contributed by atoms with van der Waals surface area (Å²) in [4.78, 5) is 6.87. The standard InChI is InChI=1S/C16H21BrN4O2S/c1-14-18-6-7-20(14)11-8-19-9-12-21(13-10-19)24(22,23)16-4-2-15(17)3-5-16/h2-7H,8-13H2,1H3. The Morgan fingerprint density at radius 3 is 2.33 bits per heavy atom. The van der Waals surface area contributed by atoms with Gasteiger partial charge in [0.05, 0.1) is 4.90 Å². The molecule has 3 rings (SSSR count). The predicted molar refractivity (Wildman–Crippen MR) is 96.3 cm³/mol. The quantitative estimate of drug-likeness (QED) is 0.752. The fourth-order valence-electron chi connectivity index (χ4n) is 2.84. The lowest BCUT2D eigenvalue weighted by atomic mass is 10.3. The zero-order valence-electron chi connectivity index (χ0n) is 13.6. The number of aryl methyl sites for hydroxylation is 1. The van der Waals surface area contributed by atoms with Crippen LogP contribution < -0.4 is 0 Å². The molecule has 0 radical (unpaired) electrons.